The molecule has 0 unspecified atom stereocenters. The number of carboxylic acids is 1. The first-order chi connectivity index (χ1) is 6.63. The molecule has 0 aromatic carbocycles. The predicted molar refractivity (Wildman–Crippen MR) is 49.1 cm³/mol. The van der Waals surface area contributed by atoms with E-state index in [4.69, 9.17) is 15.6 Å². The lowest BCUT2D eigenvalue weighted by Crippen LogP contribution is -2.40. The Hall–Kier alpha value is -1.59. The maximum absolute atomic E-state index is 10.7. The molecule has 0 saturated heterocycles. The third-order valence-electron chi connectivity index (χ3n) is 1.93. The maximum atomic E-state index is 10.7. The fourth-order valence-corrected chi connectivity index (χ4v) is 1.04. The Labute approximate surface area is 83.2 Å². The van der Waals surface area contributed by atoms with Crippen molar-refractivity contribution >= 4 is 5.97 Å². The lowest BCUT2D eigenvalue weighted by Gasteiger charge is -2.23. The molecule has 0 spiro atoms. The van der Waals surface area contributed by atoms with Gasteiger partial charge in [0, 0.05) is 25.9 Å². The van der Waals surface area contributed by atoms with E-state index in [-0.39, 0.29) is 12.8 Å². The number of carbonyl (C=O) groups is 1. The van der Waals surface area contributed by atoms with Gasteiger partial charge in [0.1, 0.15) is 6.04 Å². The third-order valence-corrected chi connectivity index (χ3v) is 1.93. The number of hydrogen-bond acceptors (Lipinski definition) is 4. The van der Waals surface area contributed by atoms with Crippen LogP contribution in [0.25, 0.3) is 0 Å². The Morgan fingerprint density at radius 2 is 1.79 bits per heavy atom. The van der Waals surface area contributed by atoms with Crippen molar-refractivity contribution < 1.29 is 9.90 Å². The molecule has 76 valence electrons. The van der Waals surface area contributed by atoms with E-state index in [0.29, 0.717) is 13.1 Å². The molecule has 1 N–H and O–H groups in total. The number of rotatable bonds is 6. The zero-order valence-electron chi connectivity index (χ0n) is 8.10. The summed E-state index contributed by atoms with van der Waals surface area (Å²) in [5.74, 6) is -0.930. The maximum Gasteiger partial charge on any atom is 0.320 e. The van der Waals surface area contributed by atoms with Crippen molar-refractivity contribution in [2.45, 2.75) is 25.8 Å². The summed E-state index contributed by atoms with van der Waals surface area (Å²) in [7, 11) is 0. The van der Waals surface area contributed by atoms with Crippen LogP contribution in [-0.4, -0.2) is 35.1 Å². The molecule has 0 radical (unpaired) electrons. The zero-order valence-corrected chi connectivity index (χ0v) is 8.10. The van der Waals surface area contributed by atoms with Gasteiger partial charge in [-0.2, -0.15) is 10.5 Å². The average Bonchev–Trinajstić information content (AvgIpc) is 2.17. The standard InChI is InChI=1S/C9H13N3O2/c1-8(9(13)14)12(6-2-4-10)7-3-5-11/h8H,2-3,6-7H2,1H3,(H,13,14)/t8-/m0/s1. The van der Waals surface area contributed by atoms with Crippen LogP contribution in [0.2, 0.25) is 0 Å². The molecule has 0 aromatic heterocycles. The summed E-state index contributed by atoms with van der Waals surface area (Å²) in [6.45, 7) is 2.34. The van der Waals surface area contributed by atoms with Gasteiger partial charge >= 0.3 is 5.97 Å². The summed E-state index contributed by atoms with van der Waals surface area (Å²) in [6, 6.07) is 3.26. The highest BCUT2D eigenvalue weighted by Crippen LogP contribution is 2.01. The smallest absolute Gasteiger partial charge is 0.320 e. The molecule has 5 heteroatoms. The molecule has 0 rings (SSSR count). The second kappa shape index (κ2) is 6.88. The average molecular weight is 195 g/mol. The summed E-state index contributed by atoms with van der Waals surface area (Å²) in [5.41, 5.74) is 0. The topological polar surface area (TPSA) is 88.1 Å². The van der Waals surface area contributed by atoms with E-state index in [1.54, 1.807) is 11.8 Å². The van der Waals surface area contributed by atoms with Crippen molar-refractivity contribution in [1.29, 1.82) is 10.5 Å². The van der Waals surface area contributed by atoms with Crippen molar-refractivity contribution in [3.63, 3.8) is 0 Å². The molecule has 0 aliphatic heterocycles. The van der Waals surface area contributed by atoms with Crippen molar-refractivity contribution in [1.82, 2.24) is 4.90 Å². The van der Waals surface area contributed by atoms with Gasteiger partial charge in [-0.25, -0.2) is 0 Å². The first-order valence-corrected chi connectivity index (χ1v) is 4.34. The third kappa shape index (κ3) is 4.44. The molecule has 0 bridgehead atoms. The molecule has 0 saturated carbocycles. The number of nitriles is 2. The molecule has 14 heavy (non-hydrogen) atoms. The second-order valence-electron chi connectivity index (χ2n) is 2.87. The fourth-order valence-electron chi connectivity index (χ4n) is 1.04. The molecule has 1 atom stereocenters. The highest BCUT2D eigenvalue weighted by molar-refractivity contribution is 5.72. The number of aliphatic carboxylic acids is 1. The minimum Gasteiger partial charge on any atom is -0.480 e. The molecular weight excluding hydrogens is 182 g/mol. The normalized spacial score (nSPS) is 11.7. The van der Waals surface area contributed by atoms with Gasteiger partial charge in [-0.3, -0.25) is 9.69 Å². The molecule has 0 aromatic rings. The lowest BCUT2D eigenvalue weighted by molar-refractivity contribution is -0.142. The first kappa shape index (κ1) is 12.4. The van der Waals surface area contributed by atoms with E-state index in [1.807, 2.05) is 12.1 Å². The zero-order chi connectivity index (χ0) is 11.0. The van der Waals surface area contributed by atoms with Crippen molar-refractivity contribution in [2.75, 3.05) is 13.1 Å². The second-order valence-corrected chi connectivity index (χ2v) is 2.87. The molecular formula is C9H13N3O2. The molecule has 0 aliphatic rings. The highest BCUT2D eigenvalue weighted by Gasteiger charge is 2.19. The lowest BCUT2D eigenvalue weighted by atomic mass is 10.2. The number of nitrogens with zero attached hydrogens (tertiary/aromatic N) is 3. The van der Waals surface area contributed by atoms with E-state index < -0.39 is 12.0 Å². The van der Waals surface area contributed by atoms with Gasteiger partial charge < -0.3 is 5.11 Å². The molecule has 0 fully saturated rings. The fraction of sp³-hybridized carbons (Fsp3) is 0.667. The van der Waals surface area contributed by atoms with Crippen molar-refractivity contribution in [2.24, 2.45) is 0 Å². The highest BCUT2D eigenvalue weighted by atomic mass is 16.4. The van der Waals surface area contributed by atoms with Crippen molar-refractivity contribution in [3.05, 3.63) is 0 Å². The van der Waals surface area contributed by atoms with Crippen LogP contribution in [0.5, 0.6) is 0 Å². The summed E-state index contributed by atoms with van der Waals surface area (Å²) < 4.78 is 0. The van der Waals surface area contributed by atoms with E-state index in [1.165, 1.54) is 0 Å². The van der Waals surface area contributed by atoms with Crippen LogP contribution < -0.4 is 0 Å². The van der Waals surface area contributed by atoms with E-state index in [0.717, 1.165) is 0 Å². The summed E-state index contributed by atoms with van der Waals surface area (Å²) in [5, 5.41) is 25.5. The quantitative estimate of drug-likeness (QED) is 0.670. The minimum atomic E-state index is -0.930. The van der Waals surface area contributed by atoms with E-state index >= 15 is 0 Å². The monoisotopic (exact) mass is 195 g/mol. The Morgan fingerprint density at radius 3 is 2.07 bits per heavy atom. The largest absolute Gasteiger partial charge is 0.480 e. The van der Waals surface area contributed by atoms with Gasteiger partial charge in [0.15, 0.2) is 0 Å². The summed E-state index contributed by atoms with van der Waals surface area (Å²) >= 11 is 0. The van der Waals surface area contributed by atoms with Gasteiger partial charge in [0.2, 0.25) is 0 Å². The molecule has 0 heterocycles. The molecule has 0 aliphatic carbocycles. The van der Waals surface area contributed by atoms with Crippen molar-refractivity contribution in [3.8, 4) is 12.1 Å². The van der Waals surface area contributed by atoms with Gasteiger partial charge in [-0.1, -0.05) is 0 Å². The first-order valence-electron chi connectivity index (χ1n) is 4.34. The SMILES string of the molecule is C[C@@H](C(=O)O)N(CCC#N)CCC#N. The van der Waals surface area contributed by atoms with Gasteiger partial charge in [0.25, 0.3) is 0 Å². The van der Waals surface area contributed by atoms with Crippen LogP contribution >= 0.6 is 0 Å². The number of hydrogen-bond donors (Lipinski definition) is 1. The Bertz CT molecular complexity index is 246. The van der Waals surface area contributed by atoms with Crippen LogP contribution in [-0.2, 0) is 4.79 Å². The molecule has 0 amide bonds. The van der Waals surface area contributed by atoms with E-state index in [2.05, 4.69) is 0 Å². The predicted octanol–water partition coefficient (Wildman–Crippen LogP) is 0.589. The summed E-state index contributed by atoms with van der Waals surface area (Å²) in [6.07, 6.45) is 0.562. The Balaban J connectivity index is 4.17. The van der Waals surface area contributed by atoms with Crippen LogP contribution in [0.1, 0.15) is 19.8 Å². The minimum absolute atomic E-state index is 0.281. The van der Waals surface area contributed by atoms with Crippen LogP contribution in [0.15, 0.2) is 0 Å². The Morgan fingerprint density at radius 1 is 1.36 bits per heavy atom. The summed E-state index contributed by atoms with van der Waals surface area (Å²) in [4.78, 5) is 12.3. The van der Waals surface area contributed by atoms with E-state index in [9.17, 15) is 4.79 Å². The van der Waals surface area contributed by atoms with Gasteiger partial charge in [-0.15, -0.1) is 0 Å². The van der Waals surface area contributed by atoms with Crippen LogP contribution in [0, 0.1) is 22.7 Å². The van der Waals surface area contributed by atoms with Gasteiger partial charge in [0.05, 0.1) is 12.1 Å². The molecule has 5 nitrogen and oxygen atoms in total. The van der Waals surface area contributed by atoms with Gasteiger partial charge in [-0.05, 0) is 6.92 Å². The van der Waals surface area contributed by atoms with Crippen LogP contribution in [0.4, 0.5) is 0 Å². The number of carboxylic acid groups (broad SMARTS) is 1. The Kier molecular flexibility index (Phi) is 6.09. The van der Waals surface area contributed by atoms with Crippen LogP contribution in [0.3, 0.4) is 0 Å².